The molecule has 0 radical (unpaired) electrons. The molecule has 0 fully saturated rings. The van der Waals surface area contributed by atoms with Crippen LogP contribution < -0.4 is 5.73 Å². The van der Waals surface area contributed by atoms with Crippen LogP contribution in [0, 0.1) is 13.8 Å². The average molecular weight is 332 g/mol. The fourth-order valence-corrected chi connectivity index (χ4v) is 3.33. The second kappa shape index (κ2) is 5.59. The van der Waals surface area contributed by atoms with Crippen molar-refractivity contribution in [3.05, 3.63) is 45.9 Å². The Bertz CT molecular complexity index is 841. The number of benzene rings is 1. The van der Waals surface area contributed by atoms with Gasteiger partial charge in [-0.1, -0.05) is 11.6 Å². The van der Waals surface area contributed by atoms with Gasteiger partial charge in [-0.3, -0.25) is 4.98 Å². The number of nitrogens with zero attached hydrogens (tertiary/aromatic N) is 2. The summed E-state index contributed by atoms with van der Waals surface area (Å²) in [5.74, 6) is 0.408. The maximum absolute atomic E-state index is 9.57. The second-order valence-electron chi connectivity index (χ2n) is 5.01. The molecule has 0 bridgehead atoms. The average Bonchev–Trinajstić information content (AvgIpc) is 2.82. The molecular weight excluding hydrogens is 318 g/mol. The molecule has 3 aromatic rings. The highest BCUT2D eigenvalue weighted by atomic mass is 35.5. The van der Waals surface area contributed by atoms with Crippen molar-refractivity contribution in [1.29, 1.82) is 0 Å². The van der Waals surface area contributed by atoms with Gasteiger partial charge in [0.05, 0.1) is 21.8 Å². The summed E-state index contributed by atoms with van der Waals surface area (Å²) in [6, 6.07) is 7.06. The zero-order valence-corrected chi connectivity index (χ0v) is 13.7. The van der Waals surface area contributed by atoms with E-state index in [1.807, 2.05) is 0 Å². The van der Waals surface area contributed by atoms with Gasteiger partial charge in [0.2, 0.25) is 0 Å². The van der Waals surface area contributed by atoms with Crippen LogP contribution >= 0.6 is 22.9 Å². The molecular formula is C16H14ClN3OS. The number of aromatic hydroxyl groups is 1. The highest BCUT2D eigenvalue weighted by Gasteiger charge is 2.15. The van der Waals surface area contributed by atoms with Crippen LogP contribution in [-0.4, -0.2) is 15.1 Å². The maximum Gasteiger partial charge on any atom is 0.142 e. The summed E-state index contributed by atoms with van der Waals surface area (Å²) in [5, 5.41) is 9.85. The fourth-order valence-electron chi connectivity index (χ4n) is 2.13. The zero-order valence-electron chi connectivity index (χ0n) is 12.1. The summed E-state index contributed by atoms with van der Waals surface area (Å²) < 4.78 is 0. The summed E-state index contributed by atoms with van der Waals surface area (Å²) in [6.45, 7) is 4.13. The standard InChI is InChI=1S/C16H14ClN3OS/c1-8-5-13(22-9(8)2)16-15(19-7-14(18)20-16)10-3-4-12(21)11(17)6-10/h3-7,21H,1-2H3,(H2,18,20). The molecule has 0 aliphatic carbocycles. The summed E-state index contributed by atoms with van der Waals surface area (Å²) >= 11 is 7.65. The maximum atomic E-state index is 9.57. The summed E-state index contributed by atoms with van der Waals surface area (Å²) in [6.07, 6.45) is 1.52. The number of aryl methyl sites for hydroxylation is 2. The zero-order chi connectivity index (χ0) is 15.9. The molecule has 0 atom stereocenters. The van der Waals surface area contributed by atoms with Crippen molar-refractivity contribution in [2.24, 2.45) is 0 Å². The van der Waals surface area contributed by atoms with E-state index in [-0.39, 0.29) is 10.8 Å². The molecule has 1 aromatic carbocycles. The van der Waals surface area contributed by atoms with Gasteiger partial charge in [0.25, 0.3) is 0 Å². The number of halogens is 1. The third kappa shape index (κ3) is 2.65. The van der Waals surface area contributed by atoms with Crippen LogP contribution in [0.5, 0.6) is 5.75 Å². The second-order valence-corrected chi connectivity index (χ2v) is 6.67. The highest BCUT2D eigenvalue weighted by molar-refractivity contribution is 7.15. The van der Waals surface area contributed by atoms with Crippen molar-refractivity contribution in [3.63, 3.8) is 0 Å². The first-order valence-corrected chi connectivity index (χ1v) is 7.84. The predicted octanol–water partition coefficient (Wildman–Crippen LogP) is 4.43. The molecule has 22 heavy (non-hydrogen) atoms. The van der Waals surface area contributed by atoms with E-state index in [4.69, 9.17) is 17.3 Å². The van der Waals surface area contributed by atoms with Crippen LogP contribution in [0.4, 0.5) is 5.82 Å². The molecule has 2 heterocycles. The quantitative estimate of drug-likeness (QED) is 0.728. The van der Waals surface area contributed by atoms with E-state index < -0.39 is 0 Å². The lowest BCUT2D eigenvalue weighted by atomic mass is 10.1. The van der Waals surface area contributed by atoms with E-state index in [2.05, 4.69) is 29.9 Å². The molecule has 4 nitrogen and oxygen atoms in total. The topological polar surface area (TPSA) is 72.0 Å². The molecule has 0 saturated heterocycles. The van der Waals surface area contributed by atoms with Crippen LogP contribution in [0.2, 0.25) is 5.02 Å². The SMILES string of the molecule is Cc1cc(-c2nc(N)cnc2-c2ccc(O)c(Cl)c2)sc1C. The fraction of sp³-hybridized carbons (Fsp3) is 0.125. The number of hydrogen-bond donors (Lipinski definition) is 2. The monoisotopic (exact) mass is 331 g/mol. The number of thiophene rings is 1. The molecule has 3 rings (SSSR count). The van der Waals surface area contributed by atoms with Crippen LogP contribution in [0.3, 0.4) is 0 Å². The molecule has 0 aliphatic heterocycles. The van der Waals surface area contributed by atoms with E-state index in [0.29, 0.717) is 11.5 Å². The number of rotatable bonds is 2. The molecule has 0 unspecified atom stereocenters. The van der Waals surface area contributed by atoms with Crippen molar-refractivity contribution in [2.45, 2.75) is 13.8 Å². The Morgan fingerprint density at radius 3 is 2.59 bits per heavy atom. The first-order valence-electron chi connectivity index (χ1n) is 6.64. The van der Waals surface area contributed by atoms with Crippen molar-refractivity contribution in [2.75, 3.05) is 5.73 Å². The molecule has 3 N–H and O–H groups in total. The number of nitrogen functional groups attached to an aromatic ring is 1. The number of nitrogens with two attached hydrogens (primary N) is 1. The molecule has 112 valence electrons. The molecule has 0 amide bonds. The molecule has 0 aliphatic rings. The molecule has 2 aromatic heterocycles. The van der Waals surface area contributed by atoms with Gasteiger partial charge < -0.3 is 10.8 Å². The normalized spacial score (nSPS) is 10.9. The Kier molecular flexibility index (Phi) is 3.76. The van der Waals surface area contributed by atoms with E-state index in [1.165, 1.54) is 16.6 Å². The van der Waals surface area contributed by atoms with Gasteiger partial charge in [0.15, 0.2) is 0 Å². The van der Waals surface area contributed by atoms with E-state index in [1.54, 1.807) is 29.5 Å². The minimum atomic E-state index is 0.0400. The van der Waals surface area contributed by atoms with Crippen molar-refractivity contribution >= 4 is 28.8 Å². The Labute approximate surface area is 137 Å². The molecule has 6 heteroatoms. The highest BCUT2D eigenvalue weighted by Crippen LogP contribution is 2.37. The first kappa shape index (κ1) is 14.8. The smallest absolute Gasteiger partial charge is 0.142 e. The van der Waals surface area contributed by atoms with Gasteiger partial charge in [-0.15, -0.1) is 11.3 Å². The van der Waals surface area contributed by atoms with E-state index in [0.717, 1.165) is 16.1 Å². The van der Waals surface area contributed by atoms with Gasteiger partial charge in [-0.05, 0) is 43.7 Å². The van der Waals surface area contributed by atoms with Crippen molar-refractivity contribution in [3.8, 4) is 27.6 Å². The summed E-state index contributed by atoms with van der Waals surface area (Å²) in [5.41, 5.74) is 9.22. The number of phenols is 1. The Morgan fingerprint density at radius 2 is 1.95 bits per heavy atom. The Balaban J connectivity index is 2.21. The minimum Gasteiger partial charge on any atom is -0.506 e. The van der Waals surface area contributed by atoms with E-state index >= 15 is 0 Å². The van der Waals surface area contributed by atoms with Crippen LogP contribution in [0.25, 0.3) is 21.8 Å². The van der Waals surface area contributed by atoms with Crippen LogP contribution in [0.15, 0.2) is 30.5 Å². The summed E-state index contributed by atoms with van der Waals surface area (Å²) in [7, 11) is 0. The largest absolute Gasteiger partial charge is 0.506 e. The third-order valence-corrected chi connectivity index (χ3v) is 4.87. The Morgan fingerprint density at radius 1 is 1.18 bits per heavy atom. The van der Waals surface area contributed by atoms with Gasteiger partial charge in [0.1, 0.15) is 17.3 Å². The lowest BCUT2D eigenvalue weighted by molar-refractivity contribution is 0.475. The first-order chi connectivity index (χ1) is 10.5. The van der Waals surface area contributed by atoms with Crippen LogP contribution in [0.1, 0.15) is 10.4 Å². The Hall–Kier alpha value is -2.11. The number of hydrogen-bond acceptors (Lipinski definition) is 5. The minimum absolute atomic E-state index is 0.0400. The predicted molar refractivity (Wildman–Crippen MR) is 91.3 cm³/mol. The van der Waals surface area contributed by atoms with Gasteiger partial charge in [-0.2, -0.15) is 0 Å². The lowest BCUT2D eigenvalue weighted by Gasteiger charge is -2.08. The van der Waals surface area contributed by atoms with Crippen LogP contribution in [-0.2, 0) is 0 Å². The van der Waals surface area contributed by atoms with Gasteiger partial charge in [0, 0.05) is 10.4 Å². The van der Waals surface area contributed by atoms with Gasteiger partial charge >= 0.3 is 0 Å². The van der Waals surface area contributed by atoms with E-state index in [9.17, 15) is 5.11 Å². The number of aromatic nitrogens is 2. The molecule has 0 spiro atoms. The number of phenolic OH excluding ortho intramolecular Hbond substituents is 1. The lowest BCUT2D eigenvalue weighted by Crippen LogP contribution is -1.97. The van der Waals surface area contributed by atoms with Gasteiger partial charge in [-0.25, -0.2) is 4.98 Å². The van der Waals surface area contributed by atoms with Crippen molar-refractivity contribution < 1.29 is 5.11 Å². The summed E-state index contributed by atoms with van der Waals surface area (Å²) in [4.78, 5) is 11.1. The number of anilines is 1. The van der Waals surface area contributed by atoms with Crippen molar-refractivity contribution in [1.82, 2.24) is 9.97 Å². The molecule has 0 saturated carbocycles. The third-order valence-electron chi connectivity index (χ3n) is 3.41.